The maximum atomic E-state index is 12.2. The number of aryl methyl sites for hydroxylation is 2. The molecule has 0 spiro atoms. The molecule has 1 aliphatic heterocycles. The Morgan fingerprint density at radius 2 is 2.00 bits per heavy atom. The summed E-state index contributed by atoms with van der Waals surface area (Å²) in [6, 6.07) is 6.12. The van der Waals surface area contributed by atoms with Crippen LogP contribution in [0.2, 0.25) is 0 Å². The lowest BCUT2D eigenvalue weighted by molar-refractivity contribution is -0.148. The molecule has 2 aliphatic rings. The number of carbonyl (C=O) groups is 2. The minimum atomic E-state index is -0.362. The number of carbonyl (C=O) groups excluding carboxylic acids is 2. The molecule has 0 bridgehead atoms. The van der Waals surface area contributed by atoms with Gasteiger partial charge < -0.3 is 10.2 Å². The van der Waals surface area contributed by atoms with E-state index in [4.69, 9.17) is 0 Å². The number of rotatable bonds is 3. The predicted molar refractivity (Wildman–Crippen MR) is 80.7 cm³/mol. The van der Waals surface area contributed by atoms with Crippen LogP contribution in [0.1, 0.15) is 37.0 Å². The van der Waals surface area contributed by atoms with E-state index >= 15 is 0 Å². The van der Waals surface area contributed by atoms with E-state index in [1.165, 1.54) is 17.5 Å². The van der Waals surface area contributed by atoms with Crippen molar-refractivity contribution in [3.8, 4) is 0 Å². The van der Waals surface area contributed by atoms with Gasteiger partial charge in [-0.3, -0.25) is 9.59 Å². The minimum Gasteiger partial charge on any atom is -0.345 e. The van der Waals surface area contributed by atoms with Crippen molar-refractivity contribution in [2.45, 2.75) is 45.7 Å². The quantitative estimate of drug-likeness (QED) is 0.918. The lowest BCUT2D eigenvalue weighted by atomic mass is 9.98. The molecule has 4 heteroatoms. The smallest absolute Gasteiger partial charge is 0.243 e. The van der Waals surface area contributed by atoms with E-state index in [9.17, 15) is 9.59 Å². The molecule has 1 aromatic rings. The second-order valence-electron chi connectivity index (χ2n) is 6.38. The van der Waals surface area contributed by atoms with Crippen molar-refractivity contribution in [3.63, 3.8) is 0 Å². The molecule has 1 aromatic carbocycles. The fraction of sp³-hybridized carbons (Fsp3) is 0.529. The number of amides is 2. The summed E-state index contributed by atoms with van der Waals surface area (Å²) in [5.74, 6) is 0.0863. The van der Waals surface area contributed by atoms with Crippen molar-refractivity contribution in [1.82, 2.24) is 10.2 Å². The van der Waals surface area contributed by atoms with Gasteiger partial charge in [0.05, 0.1) is 6.54 Å². The number of nitrogens with zero attached hydrogens (tertiary/aromatic N) is 1. The molecule has 4 nitrogen and oxygen atoms in total. The van der Waals surface area contributed by atoms with Crippen LogP contribution in [0.4, 0.5) is 0 Å². The third-order valence-electron chi connectivity index (χ3n) is 4.49. The number of hydrogen-bond acceptors (Lipinski definition) is 2. The summed E-state index contributed by atoms with van der Waals surface area (Å²) in [4.78, 5) is 26.0. The van der Waals surface area contributed by atoms with Crippen molar-refractivity contribution < 1.29 is 9.59 Å². The fourth-order valence-electron chi connectivity index (χ4n) is 3.43. The maximum Gasteiger partial charge on any atom is 0.243 e. The van der Waals surface area contributed by atoms with Crippen LogP contribution >= 0.6 is 0 Å². The van der Waals surface area contributed by atoms with E-state index in [-0.39, 0.29) is 30.3 Å². The van der Waals surface area contributed by atoms with Crippen molar-refractivity contribution in [3.05, 3.63) is 34.9 Å². The van der Waals surface area contributed by atoms with Gasteiger partial charge in [0.2, 0.25) is 11.8 Å². The minimum absolute atomic E-state index is 0.00815. The molecule has 1 atom stereocenters. The highest BCUT2D eigenvalue weighted by Gasteiger charge is 2.36. The zero-order chi connectivity index (χ0) is 15.0. The second kappa shape index (κ2) is 5.51. The zero-order valence-electron chi connectivity index (χ0n) is 12.7. The lowest BCUT2D eigenvalue weighted by Crippen LogP contribution is -2.59. The van der Waals surface area contributed by atoms with E-state index in [2.05, 4.69) is 23.5 Å². The molecule has 3 rings (SSSR count). The number of benzene rings is 1. The Balaban J connectivity index is 1.84. The Labute approximate surface area is 125 Å². The van der Waals surface area contributed by atoms with Gasteiger partial charge >= 0.3 is 0 Å². The summed E-state index contributed by atoms with van der Waals surface area (Å²) in [7, 11) is 0. The number of fused-ring (bicyclic) bond motifs is 1. The topological polar surface area (TPSA) is 49.4 Å². The third kappa shape index (κ3) is 2.67. The Hall–Kier alpha value is -1.84. The van der Waals surface area contributed by atoms with Crippen LogP contribution in [-0.2, 0) is 29.0 Å². The molecule has 1 N–H and O–H groups in total. The summed E-state index contributed by atoms with van der Waals surface area (Å²) in [6.07, 6.45) is 3.51. The van der Waals surface area contributed by atoms with E-state index in [0.29, 0.717) is 6.54 Å². The average molecular weight is 286 g/mol. The van der Waals surface area contributed by atoms with Crippen LogP contribution in [0.25, 0.3) is 0 Å². The number of piperazine rings is 1. The first-order valence-corrected chi connectivity index (χ1v) is 7.74. The Kier molecular flexibility index (Phi) is 3.70. The molecule has 1 unspecified atom stereocenters. The van der Waals surface area contributed by atoms with Crippen LogP contribution in [0.3, 0.4) is 0 Å². The summed E-state index contributed by atoms with van der Waals surface area (Å²) in [5, 5.41) is 2.69. The summed E-state index contributed by atoms with van der Waals surface area (Å²) in [6.45, 7) is 4.62. The van der Waals surface area contributed by atoms with Crippen molar-refractivity contribution in [2.75, 3.05) is 6.54 Å². The molecule has 1 aliphatic carbocycles. The van der Waals surface area contributed by atoms with E-state index in [0.717, 1.165) is 18.4 Å². The molecule has 0 radical (unpaired) electrons. The highest BCUT2D eigenvalue weighted by Crippen LogP contribution is 2.25. The molecule has 1 heterocycles. The van der Waals surface area contributed by atoms with Gasteiger partial charge in [-0.1, -0.05) is 32.0 Å². The summed E-state index contributed by atoms with van der Waals surface area (Å²) < 4.78 is 0. The van der Waals surface area contributed by atoms with Gasteiger partial charge in [0, 0.05) is 6.54 Å². The van der Waals surface area contributed by atoms with Gasteiger partial charge in [0.1, 0.15) is 6.04 Å². The van der Waals surface area contributed by atoms with Crippen molar-refractivity contribution in [2.24, 2.45) is 5.92 Å². The van der Waals surface area contributed by atoms with Gasteiger partial charge in [-0.2, -0.15) is 0 Å². The van der Waals surface area contributed by atoms with Gasteiger partial charge in [-0.05, 0) is 41.9 Å². The monoisotopic (exact) mass is 286 g/mol. The van der Waals surface area contributed by atoms with Crippen molar-refractivity contribution >= 4 is 11.8 Å². The first kappa shape index (κ1) is 14.1. The number of hydrogen-bond donors (Lipinski definition) is 1. The third-order valence-corrected chi connectivity index (χ3v) is 4.49. The molecular weight excluding hydrogens is 264 g/mol. The molecular formula is C17H22N2O2. The van der Waals surface area contributed by atoms with Crippen LogP contribution in [0.15, 0.2) is 18.2 Å². The molecule has 1 saturated heterocycles. The normalized spacial score (nSPS) is 21.7. The average Bonchev–Trinajstić information content (AvgIpc) is 2.90. The first-order chi connectivity index (χ1) is 10.1. The zero-order valence-corrected chi connectivity index (χ0v) is 12.7. The van der Waals surface area contributed by atoms with Crippen LogP contribution < -0.4 is 5.32 Å². The summed E-state index contributed by atoms with van der Waals surface area (Å²) in [5.41, 5.74) is 3.97. The predicted octanol–water partition coefficient (Wildman–Crippen LogP) is 1.66. The second-order valence-corrected chi connectivity index (χ2v) is 6.38. The SMILES string of the molecule is CC(C)C1C(=O)NCC(=O)N1Cc1ccc2c(c1)CCC2. The van der Waals surface area contributed by atoms with E-state index in [1.54, 1.807) is 4.90 Å². The van der Waals surface area contributed by atoms with E-state index in [1.807, 2.05) is 13.8 Å². The van der Waals surface area contributed by atoms with Gasteiger partial charge in [0.25, 0.3) is 0 Å². The van der Waals surface area contributed by atoms with E-state index < -0.39 is 0 Å². The van der Waals surface area contributed by atoms with Crippen LogP contribution in [-0.4, -0.2) is 29.3 Å². The van der Waals surface area contributed by atoms with Crippen molar-refractivity contribution in [1.29, 1.82) is 0 Å². The van der Waals surface area contributed by atoms with Gasteiger partial charge in [0.15, 0.2) is 0 Å². The molecule has 21 heavy (non-hydrogen) atoms. The van der Waals surface area contributed by atoms with Crippen LogP contribution in [0.5, 0.6) is 0 Å². The maximum absolute atomic E-state index is 12.2. The highest BCUT2D eigenvalue weighted by molar-refractivity contribution is 5.94. The van der Waals surface area contributed by atoms with Crippen LogP contribution in [0, 0.1) is 5.92 Å². The standard InChI is InChI=1S/C17H22N2O2/c1-11(2)16-17(21)18-9-15(20)19(16)10-12-6-7-13-4-3-5-14(13)8-12/h6-8,11,16H,3-5,9-10H2,1-2H3,(H,18,21). The molecule has 1 fully saturated rings. The first-order valence-electron chi connectivity index (χ1n) is 7.74. The Morgan fingerprint density at radius 3 is 2.76 bits per heavy atom. The molecule has 0 saturated carbocycles. The summed E-state index contributed by atoms with van der Waals surface area (Å²) >= 11 is 0. The Morgan fingerprint density at radius 1 is 1.24 bits per heavy atom. The van der Waals surface area contributed by atoms with Gasteiger partial charge in [-0.25, -0.2) is 0 Å². The number of nitrogens with one attached hydrogen (secondary N) is 1. The molecule has 112 valence electrons. The molecule has 0 aromatic heterocycles. The largest absolute Gasteiger partial charge is 0.345 e. The highest BCUT2D eigenvalue weighted by atomic mass is 16.2. The molecule has 2 amide bonds. The lowest BCUT2D eigenvalue weighted by Gasteiger charge is -2.37. The van der Waals surface area contributed by atoms with Gasteiger partial charge in [-0.15, -0.1) is 0 Å². The fourth-order valence-corrected chi connectivity index (χ4v) is 3.43. The Bertz CT molecular complexity index is 580.